The molecular weight excluding hydrogens is 307 g/mol. The van der Waals surface area contributed by atoms with Crippen molar-refractivity contribution >= 4 is 23.2 Å². The predicted octanol–water partition coefficient (Wildman–Crippen LogP) is 5.36. The predicted molar refractivity (Wildman–Crippen MR) is 91.1 cm³/mol. The zero-order valence-electron chi connectivity index (χ0n) is 13.2. The summed E-state index contributed by atoms with van der Waals surface area (Å²) in [7, 11) is 0. The van der Waals surface area contributed by atoms with Gasteiger partial charge in [-0.2, -0.15) is 0 Å². The lowest BCUT2D eigenvalue weighted by atomic mass is 9.81. The van der Waals surface area contributed by atoms with Gasteiger partial charge in [-0.3, -0.25) is 0 Å². The van der Waals surface area contributed by atoms with Crippen molar-refractivity contribution in [2.75, 3.05) is 25.0 Å². The molecule has 0 atom stereocenters. The van der Waals surface area contributed by atoms with Gasteiger partial charge in [-0.25, -0.2) is 0 Å². The molecule has 21 heavy (non-hydrogen) atoms. The van der Waals surface area contributed by atoms with Crippen molar-refractivity contribution in [3.63, 3.8) is 0 Å². The minimum Gasteiger partial charge on any atom is -0.490 e. The summed E-state index contributed by atoms with van der Waals surface area (Å²) in [6, 6.07) is 7.74. The third kappa shape index (κ3) is 5.96. The summed E-state index contributed by atoms with van der Waals surface area (Å²) in [5.41, 5.74) is -0.0577. The Kier molecular flexibility index (Phi) is 8.28. The van der Waals surface area contributed by atoms with Gasteiger partial charge in [-0.1, -0.05) is 26.0 Å². The topological polar surface area (TPSA) is 18.5 Å². The Bertz CT molecular complexity index is 404. The Morgan fingerprint density at radius 3 is 2.10 bits per heavy atom. The number of alkyl halides is 2. The van der Waals surface area contributed by atoms with Crippen molar-refractivity contribution < 1.29 is 9.47 Å². The van der Waals surface area contributed by atoms with E-state index in [1.54, 1.807) is 0 Å². The fourth-order valence-corrected chi connectivity index (χ4v) is 3.24. The van der Waals surface area contributed by atoms with E-state index in [9.17, 15) is 0 Å². The highest BCUT2D eigenvalue weighted by atomic mass is 35.5. The Labute approximate surface area is 138 Å². The number of benzene rings is 1. The van der Waals surface area contributed by atoms with Crippen molar-refractivity contribution in [2.45, 2.75) is 33.6 Å². The summed E-state index contributed by atoms with van der Waals surface area (Å²) in [5.74, 6) is 3.25. The van der Waals surface area contributed by atoms with Crippen LogP contribution in [0.3, 0.4) is 0 Å². The first-order valence-corrected chi connectivity index (χ1v) is 8.60. The standard InChI is InChI=1S/C17H26Cl2O2/c1-4-20-15-7-5-6-8-16(15)21-10-9-17(12-18,13-19)11-14(2)3/h5-8,14H,4,9-13H2,1-3H3. The van der Waals surface area contributed by atoms with Crippen molar-refractivity contribution in [1.82, 2.24) is 0 Å². The summed E-state index contributed by atoms with van der Waals surface area (Å²) < 4.78 is 11.4. The van der Waals surface area contributed by atoms with E-state index < -0.39 is 0 Å². The van der Waals surface area contributed by atoms with Crippen LogP contribution in [-0.2, 0) is 0 Å². The molecule has 1 rings (SSSR count). The Morgan fingerprint density at radius 2 is 1.62 bits per heavy atom. The van der Waals surface area contributed by atoms with Gasteiger partial charge < -0.3 is 9.47 Å². The van der Waals surface area contributed by atoms with Gasteiger partial charge in [0.1, 0.15) is 0 Å². The number of hydrogen-bond acceptors (Lipinski definition) is 2. The van der Waals surface area contributed by atoms with Crippen LogP contribution in [0.4, 0.5) is 0 Å². The lowest BCUT2D eigenvalue weighted by Crippen LogP contribution is -2.29. The Morgan fingerprint density at radius 1 is 1.05 bits per heavy atom. The van der Waals surface area contributed by atoms with E-state index in [0.717, 1.165) is 24.3 Å². The van der Waals surface area contributed by atoms with Gasteiger partial charge in [0.25, 0.3) is 0 Å². The normalized spacial score (nSPS) is 11.7. The summed E-state index contributed by atoms with van der Waals surface area (Å²) >= 11 is 12.3. The second-order valence-corrected chi connectivity index (χ2v) is 6.38. The average molecular weight is 333 g/mol. The first-order valence-electron chi connectivity index (χ1n) is 7.53. The van der Waals surface area contributed by atoms with Crippen LogP contribution in [0.5, 0.6) is 11.5 Å². The van der Waals surface area contributed by atoms with Crippen LogP contribution in [0.15, 0.2) is 24.3 Å². The van der Waals surface area contributed by atoms with Crippen LogP contribution in [0.25, 0.3) is 0 Å². The van der Waals surface area contributed by atoms with Gasteiger partial charge in [-0.05, 0) is 37.8 Å². The van der Waals surface area contributed by atoms with E-state index in [1.807, 2.05) is 31.2 Å². The van der Waals surface area contributed by atoms with Gasteiger partial charge >= 0.3 is 0 Å². The smallest absolute Gasteiger partial charge is 0.161 e. The van der Waals surface area contributed by atoms with E-state index in [0.29, 0.717) is 30.9 Å². The first-order chi connectivity index (χ1) is 10.1. The molecule has 0 radical (unpaired) electrons. The fourth-order valence-electron chi connectivity index (χ4n) is 2.47. The molecule has 0 heterocycles. The molecule has 0 aliphatic carbocycles. The third-order valence-electron chi connectivity index (χ3n) is 3.45. The zero-order chi connectivity index (χ0) is 15.7. The zero-order valence-corrected chi connectivity index (χ0v) is 14.7. The van der Waals surface area contributed by atoms with Crippen molar-refractivity contribution in [3.05, 3.63) is 24.3 Å². The summed E-state index contributed by atoms with van der Waals surface area (Å²) in [4.78, 5) is 0. The third-order valence-corrected chi connectivity index (χ3v) is 4.58. The van der Waals surface area contributed by atoms with Crippen LogP contribution in [0, 0.1) is 11.3 Å². The Balaban J connectivity index is 2.62. The lowest BCUT2D eigenvalue weighted by molar-refractivity contribution is 0.199. The largest absolute Gasteiger partial charge is 0.490 e. The van der Waals surface area contributed by atoms with Crippen LogP contribution in [0.1, 0.15) is 33.6 Å². The van der Waals surface area contributed by atoms with Gasteiger partial charge in [0.15, 0.2) is 11.5 Å². The maximum absolute atomic E-state index is 6.17. The minimum absolute atomic E-state index is 0.0577. The Hall–Kier alpha value is -0.600. The lowest BCUT2D eigenvalue weighted by Gasteiger charge is -2.31. The number of ether oxygens (including phenoxy) is 2. The SMILES string of the molecule is CCOc1ccccc1OCCC(CCl)(CCl)CC(C)C. The van der Waals surface area contributed by atoms with Crippen LogP contribution >= 0.6 is 23.2 Å². The number of hydrogen-bond donors (Lipinski definition) is 0. The molecule has 0 N–H and O–H groups in total. The molecule has 0 bridgehead atoms. The quantitative estimate of drug-likeness (QED) is 0.536. The molecule has 0 aromatic heterocycles. The van der Waals surface area contributed by atoms with E-state index in [4.69, 9.17) is 32.7 Å². The van der Waals surface area contributed by atoms with Crippen molar-refractivity contribution in [1.29, 1.82) is 0 Å². The maximum atomic E-state index is 6.17. The van der Waals surface area contributed by atoms with E-state index >= 15 is 0 Å². The molecule has 0 unspecified atom stereocenters. The molecule has 0 aliphatic rings. The highest BCUT2D eigenvalue weighted by Gasteiger charge is 2.29. The summed E-state index contributed by atoms with van der Waals surface area (Å²) in [6.45, 7) is 7.57. The molecule has 0 spiro atoms. The molecule has 0 fully saturated rings. The molecule has 1 aromatic carbocycles. The first kappa shape index (κ1) is 18.4. The molecule has 0 aliphatic heterocycles. The van der Waals surface area contributed by atoms with Crippen LogP contribution < -0.4 is 9.47 Å². The number of halogens is 2. The van der Waals surface area contributed by atoms with E-state index in [1.165, 1.54) is 0 Å². The van der Waals surface area contributed by atoms with Crippen LogP contribution in [-0.4, -0.2) is 25.0 Å². The molecule has 120 valence electrons. The fraction of sp³-hybridized carbons (Fsp3) is 0.647. The molecular formula is C17H26Cl2O2. The minimum atomic E-state index is -0.0577. The highest BCUT2D eigenvalue weighted by molar-refractivity contribution is 6.21. The highest BCUT2D eigenvalue weighted by Crippen LogP contribution is 2.34. The molecule has 0 saturated heterocycles. The van der Waals surface area contributed by atoms with E-state index in [2.05, 4.69) is 13.8 Å². The van der Waals surface area contributed by atoms with Gasteiger partial charge in [-0.15, -0.1) is 23.2 Å². The van der Waals surface area contributed by atoms with Gasteiger partial charge in [0.05, 0.1) is 13.2 Å². The van der Waals surface area contributed by atoms with E-state index in [-0.39, 0.29) is 5.41 Å². The molecule has 1 aromatic rings. The van der Waals surface area contributed by atoms with Crippen molar-refractivity contribution in [2.24, 2.45) is 11.3 Å². The summed E-state index contributed by atoms with van der Waals surface area (Å²) in [6.07, 6.45) is 1.86. The number of rotatable bonds is 10. The second kappa shape index (κ2) is 9.42. The van der Waals surface area contributed by atoms with Gasteiger partial charge in [0, 0.05) is 17.2 Å². The summed E-state index contributed by atoms with van der Waals surface area (Å²) in [5, 5.41) is 0. The molecule has 2 nitrogen and oxygen atoms in total. The van der Waals surface area contributed by atoms with Gasteiger partial charge in [0.2, 0.25) is 0 Å². The molecule has 4 heteroatoms. The second-order valence-electron chi connectivity index (χ2n) is 5.84. The maximum Gasteiger partial charge on any atom is 0.161 e. The monoisotopic (exact) mass is 332 g/mol. The average Bonchev–Trinajstić information content (AvgIpc) is 2.48. The molecule has 0 saturated carbocycles. The van der Waals surface area contributed by atoms with Crippen LogP contribution in [0.2, 0.25) is 0 Å². The van der Waals surface area contributed by atoms with Crippen molar-refractivity contribution in [3.8, 4) is 11.5 Å². The number of para-hydroxylation sites is 2. The molecule has 0 amide bonds.